The Balaban J connectivity index is 2.63. The molecule has 1 fully saturated rings. The fourth-order valence-corrected chi connectivity index (χ4v) is 12.8. The van der Waals surface area contributed by atoms with E-state index in [0.29, 0.717) is 91.3 Å². The van der Waals surface area contributed by atoms with Crippen molar-refractivity contribution >= 4 is 11.9 Å². The van der Waals surface area contributed by atoms with Crippen LogP contribution in [0.2, 0.25) is 0 Å². The van der Waals surface area contributed by atoms with Crippen LogP contribution in [0.15, 0.2) is 146 Å². The van der Waals surface area contributed by atoms with Crippen molar-refractivity contribution in [2.24, 2.45) is 0 Å². The van der Waals surface area contributed by atoms with E-state index in [2.05, 4.69) is 207 Å². The molecule has 6 atom stereocenters. The number of esters is 2. The van der Waals surface area contributed by atoms with Gasteiger partial charge in [-0.05, 0) is 194 Å². The van der Waals surface area contributed by atoms with E-state index in [1.54, 1.807) is 0 Å². The Labute approximate surface area is 627 Å². The van der Waals surface area contributed by atoms with E-state index in [1.807, 2.05) is 0 Å². The van der Waals surface area contributed by atoms with Gasteiger partial charge in [0.1, 0.15) is 13.2 Å². The number of piperazine rings is 1. The van der Waals surface area contributed by atoms with Gasteiger partial charge in [-0.2, -0.15) is 0 Å². The van der Waals surface area contributed by atoms with Crippen molar-refractivity contribution in [2.75, 3.05) is 78.7 Å². The Hall–Kier alpha value is -4.50. The quantitative estimate of drug-likeness (QED) is 0.0261. The second-order valence-corrected chi connectivity index (χ2v) is 28.6. The van der Waals surface area contributed by atoms with Gasteiger partial charge in [0.2, 0.25) is 0 Å². The van der Waals surface area contributed by atoms with Crippen molar-refractivity contribution in [2.45, 2.75) is 335 Å². The molecule has 0 aromatic heterocycles. The first-order chi connectivity index (χ1) is 49.9. The zero-order valence-electron chi connectivity index (χ0n) is 66.3. The highest BCUT2D eigenvalue weighted by molar-refractivity contribution is 5.69. The highest BCUT2D eigenvalue weighted by Gasteiger charge is 2.29. The number of unbranched alkanes of at least 4 members (excludes halogenated alkanes) is 16. The summed E-state index contributed by atoms with van der Waals surface area (Å²) in [6.07, 6.45) is 90.6. The van der Waals surface area contributed by atoms with E-state index in [0.717, 1.165) is 244 Å². The van der Waals surface area contributed by atoms with Crippen molar-refractivity contribution in [1.29, 1.82) is 0 Å². The molecule has 1 saturated heterocycles. The van der Waals surface area contributed by atoms with Crippen molar-refractivity contribution in [3.05, 3.63) is 146 Å². The van der Waals surface area contributed by atoms with Gasteiger partial charge in [-0.25, -0.2) is 0 Å². The highest BCUT2D eigenvalue weighted by Crippen LogP contribution is 2.19. The lowest BCUT2D eigenvalue weighted by molar-refractivity contribution is -0.146. The summed E-state index contributed by atoms with van der Waals surface area (Å²) >= 11 is 0. The zero-order chi connectivity index (χ0) is 74.1. The fraction of sp³-hybridized carbons (Fsp3) is 0.711. The van der Waals surface area contributed by atoms with Crippen LogP contribution in [-0.4, -0.2) is 167 Å². The topological polar surface area (TPSA) is 146 Å². The van der Waals surface area contributed by atoms with Gasteiger partial charge in [-0.3, -0.25) is 29.2 Å². The van der Waals surface area contributed by atoms with E-state index >= 15 is 0 Å². The molecule has 1 aliphatic rings. The Bertz CT molecular complexity index is 2010. The number of ether oxygens (including phenoxy) is 2. The standard InChI is InChI=1S/C90H156N4O8/c1-7-11-15-19-23-27-31-35-39-43-47-51-55-59-65-85(95)79-91(80-86(96)66-60-56-52-48-44-40-36-32-28-24-20-16-12-8-2)71-63-69-89(99)101-75-73-93-77-84(6)94(78-83(93)5)74-76-102-90(100)70-64-72-92(81-87(97)67-61-57-53-49-45-41-37-33-29-25-21-17-13-9-3)82-88(98)68-62-58-54-50-46-42-38-34-30-26-22-18-14-10-4/h11-18,23-30,35-42,83-88,95-98H,7-10,19-22,31-34,43-82H2,1-6H3/b15-11-,16-12-,17-13-,18-14-,27-23-,28-24-,29-25-,30-26-,39-35-,40-36-,41-37-,42-38-. The summed E-state index contributed by atoms with van der Waals surface area (Å²) in [4.78, 5) is 35.4. The van der Waals surface area contributed by atoms with Crippen LogP contribution in [0.25, 0.3) is 0 Å². The predicted molar refractivity (Wildman–Crippen MR) is 438 cm³/mol. The third kappa shape index (κ3) is 63.9. The summed E-state index contributed by atoms with van der Waals surface area (Å²) < 4.78 is 11.6. The number of hydrogen-bond donors (Lipinski definition) is 4. The molecule has 0 spiro atoms. The smallest absolute Gasteiger partial charge is 0.305 e. The average Bonchev–Trinajstić information content (AvgIpc) is 0.849. The van der Waals surface area contributed by atoms with Gasteiger partial charge in [0.15, 0.2) is 0 Å². The van der Waals surface area contributed by atoms with E-state index in [-0.39, 0.29) is 24.0 Å². The highest BCUT2D eigenvalue weighted by atomic mass is 16.5. The molecule has 6 unspecified atom stereocenters. The van der Waals surface area contributed by atoms with E-state index in [9.17, 15) is 30.0 Å². The predicted octanol–water partition coefficient (Wildman–Crippen LogP) is 20.9. The molecule has 0 radical (unpaired) electrons. The lowest BCUT2D eigenvalue weighted by atomic mass is 10.1. The van der Waals surface area contributed by atoms with Crippen LogP contribution >= 0.6 is 0 Å². The normalized spacial score (nSPS) is 16.8. The van der Waals surface area contributed by atoms with Crippen LogP contribution in [0.5, 0.6) is 0 Å². The van der Waals surface area contributed by atoms with E-state index < -0.39 is 24.4 Å². The Morgan fingerprint density at radius 3 is 0.804 bits per heavy atom. The molecule has 584 valence electrons. The van der Waals surface area contributed by atoms with Crippen molar-refractivity contribution < 1.29 is 39.5 Å². The molecular weight excluding hydrogens is 1270 g/mol. The van der Waals surface area contributed by atoms with Gasteiger partial charge in [-0.1, -0.05) is 251 Å². The molecule has 4 N–H and O–H groups in total. The molecule has 102 heavy (non-hydrogen) atoms. The van der Waals surface area contributed by atoms with Gasteiger partial charge in [0.25, 0.3) is 0 Å². The van der Waals surface area contributed by atoms with E-state index in [4.69, 9.17) is 9.47 Å². The Kier molecular flexibility index (Phi) is 68.7. The second kappa shape index (κ2) is 73.4. The second-order valence-electron chi connectivity index (χ2n) is 28.6. The molecule has 0 amide bonds. The summed E-state index contributed by atoms with van der Waals surface area (Å²) in [5.41, 5.74) is 0. The van der Waals surface area contributed by atoms with Crippen LogP contribution in [0.4, 0.5) is 0 Å². The number of rotatable bonds is 70. The summed E-state index contributed by atoms with van der Waals surface area (Å²) in [5.74, 6) is -0.426. The maximum Gasteiger partial charge on any atom is 0.305 e. The molecule has 0 aliphatic carbocycles. The first kappa shape index (κ1) is 95.5. The Morgan fingerprint density at radius 2 is 0.559 bits per heavy atom. The number of aliphatic hydroxyl groups is 4. The van der Waals surface area contributed by atoms with Crippen molar-refractivity contribution in [1.82, 2.24) is 19.6 Å². The number of aliphatic hydroxyl groups excluding tert-OH is 4. The average molecular weight is 1420 g/mol. The monoisotopic (exact) mass is 1420 g/mol. The molecular formula is C90H156N4O8. The maximum atomic E-state index is 13.2. The van der Waals surface area contributed by atoms with Gasteiger partial charge < -0.3 is 29.9 Å². The molecule has 1 heterocycles. The molecule has 0 aromatic rings. The van der Waals surface area contributed by atoms with Crippen molar-refractivity contribution in [3.8, 4) is 0 Å². The number of hydrogen-bond acceptors (Lipinski definition) is 12. The van der Waals surface area contributed by atoms with E-state index in [1.165, 1.54) is 0 Å². The lowest BCUT2D eigenvalue weighted by Gasteiger charge is -2.44. The van der Waals surface area contributed by atoms with Gasteiger partial charge in [-0.15, -0.1) is 0 Å². The zero-order valence-corrected chi connectivity index (χ0v) is 66.3. The van der Waals surface area contributed by atoms with Gasteiger partial charge in [0, 0.05) is 77.3 Å². The minimum atomic E-state index is -0.480. The molecule has 0 bridgehead atoms. The summed E-state index contributed by atoms with van der Waals surface area (Å²) in [6, 6.07) is 0.474. The first-order valence-electron chi connectivity index (χ1n) is 41.7. The Morgan fingerprint density at radius 1 is 0.333 bits per heavy atom. The molecule has 12 heteroatoms. The van der Waals surface area contributed by atoms with Crippen molar-refractivity contribution in [3.63, 3.8) is 0 Å². The van der Waals surface area contributed by atoms with Gasteiger partial charge >= 0.3 is 11.9 Å². The van der Waals surface area contributed by atoms with Gasteiger partial charge in [0.05, 0.1) is 24.4 Å². The summed E-state index contributed by atoms with van der Waals surface area (Å²) in [5, 5.41) is 44.9. The number of carbonyl (C=O) groups is 2. The summed E-state index contributed by atoms with van der Waals surface area (Å²) in [6.45, 7) is 19.8. The maximum absolute atomic E-state index is 13.2. The number of carbonyl (C=O) groups excluding carboxylic acids is 2. The lowest BCUT2D eigenvalue weighted by Crippen LogP contribution is -2.57. The third-order valence-corrected chi connectivity index (χ3v) is 18.9. The van der Waals surface area contributed by atoms with Crippen LogP contribution in [0, 0.1) is 0 Å². The molecule has 0 aromatic carbocycles. The molecule has 12 nitrogen and oxygen atoms in total. The minimum Gasteiger partial charge on any atom is -0.464 e. The SMILES string of the molecule is CC/C=C\C/C=C\C/C=C\CCCCCCC(O)CN(CCCC(=O)OCCN1CC(C)N(CCOC(=O)CCCN(CC(O)CCCCCC/C=C\C/C=C\C/C=C\CC)CC(O)CCCCCC/C=C\C/C=C\C/C=C\CC)CC1C)CC(O)CCCCCC/C=C\C/C=C\C/C=C\CC. The van der Waals surface area contributed by atoms with Crippen LogP contribution < -0.4 is 0 Å². The van der Waals surface area contributed by atoms with Crippen LogP contribution in [0.3, 0.4) is 0 Å². The largest absolute Gasteiger partial charge is 0.464 e. The molecule has 1 rings (SSSR count). The van der Waals surface area contributed by atoms with Crippen LogP contribution in [-0.2, 0) is 19.1 Å². The minimum absolute atomic E-state index is 0.213. The molecule has 0 saturated carbocycles. The molecule has 1 aliphatic heterocycles. The number of nitrogens with zero attached hydrogens (tertiary/aromatic N) is 4. The number of allylic oxidation sites excluding steroid dienone is 24. The first-order valence-corrected chi connectivity index (χ1v) is 41.7. The third-order valence-electron chi connectivity index (χ3n) is 18.9. The summed E-state index contributed by atoms with van der Waals surface area (Å²) in [7, 11) is 0. The van der Waals surface area contributed by atoms with Crippen LogP contribution in [0.1, 0.15) is 298 Å². The fourth-order valence-electron chi connectivity index (χ4n) is 12.8.